The third-order valence-electron chi connectivity index (χ3n) is 5.56. The zero-order valence-electron chi connectivity index (χ0n) is 21.2. The number of alkyl halides is 1. The van der Waals surface area contributed by atoms with Crippen LogP contribution in [0.5, 0.6) is 5.75 Å². The van der Waals surface area contributed by atoms with E-state index in [2.05, 4.69) is 31.9 Å². The van der Waals surface area contributed by atoms with E-state index in [0.29, 0.717) is 30.0 Å². The number of allylic oxidation sites excluding steroid dienone is 1. The average molecular weight is 593 g/mol. The summed E-state index contributed by atoms with van der Waals surface area (Å²) in [6.45, 7) is 5.64. The fourth-order valence-corrected chi connectivity index (χ4v) is 4.33. The van der Waals surface area contributed by atoms with Gasteiger partial charge in [-0.2, -0.15) is 0 Å². The molecular weight excluding hydrogens is 562 g/mol. The van der Waals surface area contributed by atoms with E-state index in [1.807, 2.05) is 18.2 Å². The predicted molar refractivity (Wildman–Crippen MR) is 148 cm³/mol. The largest absolute Gasteiger partial charge is 0.496 e. The number of anilines is 2. The Kier molecular flexibility index (Phi) is 9.62. The highest BCUT2D eigenvalue weighted by molar-refractivity contribution is 9.10. The molecule has 2 atom stereocenters. The van der Waals surface area contributed by atoms with E-state index in [-0.39, 0.29) is 23.9 Å². The van der Waals surface area contributed by atoms with E-state index in [0.717, 1.165) is 10.0 Å². The van der Waals surface area contributed by atoms with Crippen LogP contribution in [0.15, 0.2) is 58.6 Å². The first-order valence-corrected chi connectivity index (χ1v) is 13.0. The minimum atomic E-state index is -0.596. The Labute approximate surface area is 230 Å². The summed E-state index contributed by atoms with van der Waals surface area (Å²) in [5, 5.41) is 8.02. The molecule has 0 aromatic heterocycles. The smallest absolute Gasteiger partial charge is 0.407 e. The Hall–Kier alpha value is -3.04. The SMILES string of the molecule is COc1ccc(NC(=O)C2CC(CNC(=O)OC(C)(C)C)=CCC2Cl)cc1C(=O)Nc1ccc(Br)cc1. The molecular formula is C27H31BrClN3O5. The first-order chi connectivity index (χ1) is 17.4. The van der Waals surface area contributed by atoms with Crippen LogP contribution in [0.3, 0.4) is 0 Å². The number of alkyl carbamates (subject to hydrolysis) is 1. The molecule has 0 radical (unpaired) electrons. The summed E-state index contributed by atoms with van der Waals surface area (Å²) >= 11 is 9.85. The van der Waals surface area contributed by atoms with Crippen molar-refractivity contribution in [1.29, 1.82) is 0 Å². The summed E-state index contributed by atoms with van der Waals surface area (Å²) in [5.74, 6) is -0.780. The van der Waals surface area contributed by atoms with Gasteiger partial charge in [0.2, 0.25) is 5.91 Å². The van der Waals surface area contributed by atoms with E-state index in [1.54, 1.807) is 51.1 Å². The van der Waals surface area contributed by atoms with Gasteiger partial charge in [-0.1, -0.05) is 27.6 Å². The molecule has 2 unspecified atom stereocenters. The Morgan fingerprint density at radius 3 is 2.38 bits per heavy atom. The van der Waals surface area contributed by atoms with Crippen molar-refractivity contribution in [3.8, 4) is 5.75 Å². The van der Waals surface area contributed by atoms with Gasteiger partial charge >= 0.3 is 6.09 Å². The summed E-state index contributed by atoms with van der Waals surface area (Å²) in [5.41, 5.74) is 1.64. The maximum Gasteiger partial charge on any atom is 0.407 e. The van der Waals surface area contributed by atoms with Crippen LogP contribution in [0.4, 0.5) is 16.2 Å². The van der Waals surface area contributed by atoms with Gasteiger partial charge in [-0.15, -0.1) is 11.6 Å². The van der Waals surface area contributed by atoms with Gasteiger partial charge in [-0.25, -0.2) is 4.79 Å². The topological polar surface area (TPSA) is 106 Å². The maximum absolute atomic E-state index is 13.1. The number of ether oxygens (including phenoxy) is 2. The lowest BCUT2D eigenvalue weighted by molar-refractivity contribution is -0.120. The maximum atomic E-state index is 13.1. The van der Waals surface area contributed by atoms with E-state index in [4.69, 9.17) is 21.1 Å². The number of amides is 3. The third kappa shape index (κ3) is 8.50. The lowest BCUT2D eigenvalue weighted by Crippen LogP contribution is -2.36. The first kappa shape index (κ1) is 28.5. The Morgan fingerprint density at radius 1 is 1.05 bits per heavy atom. The molecule has 0 aliphatic heterocycles. The number of halogens is 2. The van der Waals surface area contributed by atoms with E-state index < -0.39 is 23.0 Å². The lowest BCUT2D eigenvalue weighted by Gasteiger charge is -2.27. The van der Waals surface area contributed by atoms with Crippen molar-refractivity contribution < 1.29 is 23.9 Å². The van der Waals surface area contributed by atoms with Crippen molar-refractivity contribution in [3.63, 3.8) is 0 Å². The Morgan fingerprint density at radius 2 is 1.73 bits per heavy atom. The van der Waals surface area contributed by atoms with Crippen molar-refractivity contribution >= 4 is 56.8 Å². The van der Waals surface area contributed by atoms with E-state index in [9.17, 15) is 14.4 Å². The number of hydrogen-bond donors (Lipinski definition) is 3. The van der Waals surface area contributed by atoms with Crippen LogP contribution < -0.4 is 20.7 Å². The van der Waals surface area contributed by atoms with Gasteiger partial charge in [-0.05, 0) is 76.1 Å². The summed E-state index contributed by atoms with van der Waals surface area (Å²) in [6, 6.07) is 12.0. The summed E-state index contributed by atoms with van der Waals surface area (Å²) in [4.78, 5) is 38.1. The van der Waals surface area contributed by atoms with Crippen molar-refractivity contribution in [2.45, 2.75) is 44.6 Å². The molecule has 0 spiro atoms. The molecule has 0 fully saturated rings. The molecule has 1 aliphatic carbocycles. The van der Waals surface area contributed by atoms with Crippen molar-refractivity contribution in [2.24, 2.45) is 5.92 Å². The highest BCUT2D eigenvalue weighted by atomic mass is 79.9. The zero-order valence-corrected chi connectivity index (χ0v) is 23.5. The van der Waals surface area contributed by atoms with Crippen LogP contribution in [-0.2, 0) is 9.53 Å². The average Bonchev–Trinajstić information content (AvgIpc) is 2.83. The number of methoxy groups -OCH3 is 1. The number of carbonyl (C=O) groups excluding carboxylic acids is 3. The quantitative estimate of drug-likeness (QED) is 0.265. The van der Waals surface area contributed by atoms with Crippen molar-refractivity contribution in [2.75, 3.05) is 24.3 Å². The normalized spacial score (nSPS) is 17.3. The van der Waals surface area contributed by atoms with E-state index >= 15 is 0 Å². The van der Waals surface area contributed by atoms with Gasteiger partial charge in [0.15, 0.2) is 0 Å². The van der Waals surface area contributed by atoms with Crippen molar-refractivity contribution in [3.05, 3.63) is 64.1 Å². The van der Waals surface area contributed by atoms with Crippen molar-refractivity contribution in [1.82, 2.24) is 5.32 Å². The van der Waals surface area contributed by atoms with Gasteiger partial charge in [-0.3, -0.25) is 9.59 Å². The monoisotopic (exact) mass is 591 g/mol. The van der Waals surface area contributed by atoms with E-state index in [1.165, 1.54) is 7.11 Å². The Balaban J connectivity index is 1.66. The standard InChI is InChI=1S/C27H31BrClN3O5/c1-27(2,3)37-26(35)30-15-16-5-11-22(29)20(13-16)24(33)32-19-10-12-23(36-4)21(14-19)25(34)31-18-8-6-17(28)7-9-18/h5-10,12,14,20,22H,11,13,15H2,1-4H3,(H,30,35)(H,31,34)(H,32,33). The fourth-order valence-electron chi connectivity index (χ4n) is 3.77. The number of hydrogen-bond acceptors (Lipinski definition) is 5. The second-order valence-electron chi connectivity index (χ2n) is 9.65. The number of benzene rings is 2. The molecule has 2 aromatic rings. The van der Waals surface area contributed by atoms with Gasteiger partial charge in [0.05, 0.1) is 18.6 Å². The molecule has 10 heteroatoms. The molecule has 0 saturated heterocycles. The molecule has 3 N–H and O–H groups in total. The number of carbonyl (C=O) groups is 3. The molecule has 2 aromatic carbocycles. The summed E-state index contributed by atoms with van der Waals surface area (Å²) in [6.07, 6.45) is 2.31. The number of nitrogens with one attached hydrogen (secondary N) is 3. The second kappa shape index (κ2) is 12.5. The molecule has 0 heterocycles. The summed E-state index contributed by atoms with van der Waals surface area (Å²) < 4.78 is 11.5. The second-order valence-corrected chi connectivity index (χ2v) is 11.1. The fraction of sp³-hybridized carbons (Fsp3) is 0.370. The van der Waals surface area contributed by atoms with Crippen LogP contribution in [0.1, 0.15) is 44.0 Å². The van der Waals surface area contributed by atoms with Crippen LogP contribution >= 0.6 is 27.5 Å². The molecule has 3 rings (SSSR count). The van der Waals surface area contributed by atoms with Crippen LogP contribution in [-0.4, -0.2) is 42.5 Å². The van der Waals surface area contributed by atoms with Gasteiger partial charge in [0, 0.05) is 27.8 Å². The van der Waals surface area contributed by atoms with Crippen LogP contribution in [0.2, 0.25) is 0 Å². The minimum absolute atomic E-state index is 0.269. The predicted octanol–water partition coefficient (Wildman–Crippen LogP) is 6.12. The zero-order chi connectivity index (χ0) is 27.2. The molecule has 198 valence electrons. The van der Waals surface area contributed by atoms with Crippen LogP contribution in [0, 0.1) is 5.92 Å². The molecule has 0 saturated carbocycles. The molecule has 8 nitrogen and oxygen atoms in total. The highest BCUT2D eigenvalue weighted by Gasteiger charge is 2.31. The van der Waals surface area contributed by atoms with Gasteiger partial charge < -0.3 is 25.4 Å². The first-order valence-electron chi connectivity index (χ1n) is 11.8. The molecule has 3 amide bonds. The lowest BCUT2D eigenvalue weighted by atomic mass is 9.87. The molecule has 37 heavy (non-hydrogen) atoms. The third-order valence-corrected chi connectivity index (χ3v) is 6.57. The van der Waals surface area contributed by atoms with Crippen LogP contribution in [0.25, 0.3) is 0 Å². The molecule has 0 bridgehead atoms. The van der Waals surface area contributed by atoms with Gasteiger partial charge in [0.1, 0.15) is 11.4 Å². The Bertz CT molecular complexity index is 1180. The highest BCUT2D eigenvalue weighted by Crippen LogP contribution is 2.31. The van der Waals surface area contributed by atoms with Gasteiger partial charge in [0.25, 0.3) is 5.91 Å². The summed E-state index contributed by atoms with van der Waals surface area (Å²) in [7, 11) is 1.48. The minimum Gasteiger partial charge on any atom is -0.496 e. The molecule has 1 aliphatic rings. The number of rotatable bonds is 7.